The molecule has 0 bridgehead atoms. The number of ether oxygens (including phenoxy) is 2. The maximum atomic E-state index is 12.2. The highest BCUT2D eigenvalue weighted by atomic mass is 79.9. The molecule has 146 valence electrons. The molecule has 0 saturated carbocycles. The third-order valence-electron chi connectivity index (χ3n) is 3.27. The Balaban J connectivity index is 1.78. The first-order valence-corrected chi connectivity index (χ1v) is 9.06. The Hall–Kier alpha value is -2.98. The second-order valence-electron chi connectivity index (χ2n) is 5.27. The van der Waals surface area contributed by atoms with Crippen molar-refractivity contribution in [3.05, 3.63) is 64.1 Å². The Kier molecular flexibility index (Phi) is 7.90. The van der Waals surface area contributed by atoms with Gasteiger partial charge in [-0.05, 0) is 54.7 Å². The third-order valence-corrected chi connectivity index (χ3v) is 4.00. The lowest BCUT2D eigenvalue weighted by molar-refractivity contribution is -0.123. The number of halogens is 1. The molecule has 28 heavy (non-hydrogen) atoms. The van der Waals surface area contributed by atoms with Crippen molar-refractivity contribution < 1.29 is 23.9 Å². The van der Waals surface area contributed by atoms with Gasteiger partial charge in [0.15, 0.2) is 11.7 Å². The Labute approximate surface area is 174 Å². The monoisotopic (exact) mass is 465 g/mol. The van der Waals surface area contributed by atoms with Crippen LogP contribution in [-0.2, 0) is 9.53 Å². The number of benzene rings is 2. The minimum atomic E-state index is -0.562. The molecule has 0 heterocycles. The SMILES string of the molecule is COC(=O)c1cccc(C(=O)NC(=S)NNC(=O)COc2ccc(Br)cc2)c1. The first-order chi connectivity index (χ1) is 13.4. The molecule has 2 aromatic carbocycles. The number of amides is 2. The molecule has 3 N–H and O–H groups in total. The number of carbonyl (C=O) groups is 3. The highest BCUT2D eigenvalue weighted by Gasteiger charge is 2.12. The zero-order valence-corrected chi connectivity index (χ0v) is 17.1. The standard InChI is InChI=1S/C18H16BrN3O5S/c1-26-17(25)12-4-2-3-11(9-12)16(24)20-18(28)22-21-15(23)10-27-14-7-5-13(19)6-8-14/h2-9H,10H2,1H3,(H,21,23)(H2,20,22,24,28). The van der Waals surface area contributed by atoms with Crippen LogP contribution >= 0.6 is 28.1 Å². The smallest absolute Gasteiger partial charge is 0.337 e. The summed E-state index contributed by atoms with van der Waals surface area (Å²) in [4.78, 5) is 35.4. The van der Waals surface area contributed by atoms with Crippen molar-refractivity contribution in [1.82, 2.24) is 16.2 Å². The topological polar surface area (TPSA) is 106 Å². The van der Waals surface area contributed by atoms with E-state index in [0.29, 0.717) is 5.75 Å². The molecule has 0 unspecified atom stereocenters. The minimum absolute atomic E-state index is 0.120. The summed E-state index contributed by atoms with van der Waals surface area (Å²) in [7, 11) is 1.25. The van der Waals surface area contributed by atoms with Crippen LogP contribution in [0.2, 0.25) is 0 Å². The maximum Gasteiger partial charge on any atom is 0.337 e. The van der Waals surface area contributed by atoms with Gasteiger partial charge in [0, 0.05) is 10.0 Å². The average molecular weight is 466 g/mol. The van der Waals surface area contributed by atoms with Gasteiger partial charge in [-0.2, -0.15) is 0 Å². The van der Waals surface area contributed by atoms with Crippen LogP contribution in [0.1, 0.15) is 20.7 Å². The Morgan fingerprint density at radius 3 is 2.39 bits per heavy atom. The number of hydrogen-bond donors (Lipinski definition) is 3. The fourth-order valence-corrected chi connectivity index (χ4v) is 2.36. The number of methoxy groups -OCH3 is 1. The van der Waals surface area contributed by atoms with E-state index in [1.54, 1.807) is 30.3 Å². The van der Waals surface area contributed by atoms with Crippen LogP contribution in [0.3, 0.4) is 0 Å². The molecule has 0 aliphatic heterocycles. The van der Waals surface area contributed by atoms with E-state index < -0.39 is 17.8 Å². The van der Waals surface area contributed by atoms with E-state index in [-0.39, 0.29) is 22.8 Å². The number of hydrogen-bond acceptors (Lipinski definition) is 6. The first kappa shape index (κ1) is 21.3. The predicted octanol–water partition coefficient (Wildman–Crippen LogP) is 1.95. The van der Waals surface area contributed by atoms with Crippen LogP contribution in [0.5, 0.6) is 5.75 Å². The van der Waals surface area contributed by atoms with Crippen molar-refractivity contribution in [1.29, 1.82) is 0 Å². The molecule has 0 saturated heterocycles. The van der Waals surface area contributed by atoms with Gasteiger partial charge in [0.1, 0.15) is 5.75 Å². The minimum Gasteiger partial charge on any atom is -0.484 e. The molecule has 8 nitrogen and oxygen atoms in total. The average Bonchev–Trinajstić information content (AvgIpc) is 2.71. The van der Waals surface area contributed by atoms with E-state index in [1.165, 1.54) is 25.3 Å². The number of rotatable bonds is 5. The van der Waals surface area contributed by atoms with E-state index >= 15 is 0 Å². The number of nitrogens with one attached hydrogen (secondary N) is 3. The van der Waals surface area contributed by atoms with E-state index in [2.05, 4.69) is 36.8 Å². The highest BCUT2D eigenvalue weighted by Crippen LogP contribution is 2.15. The van der Waals surface area contributed by atoms with E-state index in [1.807, 2.05) is 0 Å². The van der Waals surface area contributed by atoms with Gasteiger partial charge in [0.05, 0.1) is 12.7 Å². The Morgan fingerprint density at radius 1 is 1.04 bits per heavy atom. The molecular weight excluding hydrogens is 450 g/mol. The van der Waals surface area contributed by atoms with Gasteiger partial charge in [-0.25, -0.2) is 4.79 Å². The summed E-state index contributed by atoms with van der Waals surface area (Å²) in [5.74, 6) is -1.08. The normalized spacial score (nSPS) is 9.79. The largest absolute Gasteiger partial charge is 0.484 e. The quantitative estimate of drug-likeness (QED) is 0.352. The second-order valence-corrected chi connectivity index (χ2v) is 6.60. The number of carbonyl (C=O) groups excluding carboxylic acids is 3. The van der Waals surface area contributed by atoms with Crippen LogP contribution in [0, 0.1) is 0 Å². The van der Waals surface area contributed by atoms with Crippen molar-refractivity contribution in [2.75, 3.05) is 13.7 Å². The van der Waals surface area contributed by atoms with E-state index in [4.69, 9.17) is 17.0 Å². The highest BCUT2D eigenvalue weighted by molar-refractivity contribution is 9.10. The zero-order valence-electron chi connectivity index (χ0n) is 14.7. The van der Waals surface area contributed by atoms with Crippen LogP contribution in [0.25, 0.3) is 0 Å². The lowest BCUT2D eigenvalue weighted by Gasteiger charge is -2.11. The van der Waals surface area contributed by atoms with Crippen LogP contribution in [0.4, 0.5) is 0 Å². The van der Waals surface area contributed by atoms with Crippen molar-refractivity contribution in [3.8, 4) is 5.75 Å². The summed E-state index contributed by atoms with van der Waals surface area (Å²) < 4.78 is 10.8. The fraction of sp³-hybridized carbons (Fsp3) is 0.111. The summed E-state index contributed by atoms with van der Waals surface area (Å²) >= 11 is 8.25. The lowest BCUT2D eigenvalue weighted by atomic mass is 10.1. The lowest BCUT2D eigenvalue weighted by Crippen LogP contribution is -2.49. The third kappa shape index (κ3) is 6.63. The number of esters is 1. The summed E-state index contributed by atoms with van der Waals surface area (Å²) in [6.07, 6.45) is 0. The molecule has 10 heteroatoms. The Morgan fingerprint density at radius 2 is 1.71 bits per heavy atom. The van der Waals surface area contributed by atoms with Crippen LogP contribution < -0.4 is 20.9 Å². The second kappa shape index (κ2) is 10.4. The molecule has 0 aliphatic carbocycles. The van der Waals surface area contributed by atoms with Crippen LogP contribution in [0.15, 0.2) is 53.0 Å². The first-order valence-electron chi connectivity index (χ1n) is 7.86. The molecule has 0 fully saturated rings. The van der Waals surface area contributed by atoms with E-state index in [9.17, 15) is 14.4 Å². The molecule has 2 aromatic rings. The summed E-state index contributed by atoms with van der Waals surface area (Å²) in [6.45, 7) is -0.244. The van der Waals surface area contributed by atoms with Gasteiger partial charge in [0.2, 0.25) is 0 Å². The van der Waals surface area contributed by atoms with Gasteiger partial charge in [-0.3, -0.25) is 25.8 Å². The van der Waals surface area contributed by atoms with E-state index in [0.717, 1.165) is 4.47 Å². The molecule has 2 amide bonds. The summed E-state index contributed by atoms with van der Waals surface area (Å²) in [5.41, 5.74) is 5.14. The molecule has 0 aliphatic rings. The van der Waals surface area contributed by atoms with Crippen LogP contribution in [-0.4, -0.2) is 36.6 Å². The molecule has 0 spiro atoms. The number of thiocarbonyl (C=S) groups is 1. The summed E-state index contributed by atoms with van der Waals surface area (Å²) in [6, 6.07) is 12.9. The molecular formula is C18H16BrN3O5S. The van der Waals surface area contributed by atoms with Gasteiger partial charge in [-0.1, -0.05) is 22.0 Å². The Bertz CT molecular complexity index is 889. The van der Waals surface area contributed by atoms with Crippen molar-refractivity contribution in [2.45, 2.75) is 0 Å². The summed E-state index contributed by atoms with van der Waals surface area (Å²) in [5, 5.41) is 2.26. The van der Waals surface area contributed by atoms with Crippen molar-refractivity contribution in [3.63, 3.8) is 0 Å². The molecule has 0 atom stereocenters. The van der Waals surface area contributed by atoms with Gasteiger partial charge in [-0.15, -0.1) is 0 Å². The van der Waals surface area contributed by atoms with Crippen molar-refractivity contribution in [2.24, 2.45) is 0 Å². The van der Waals surface area contributed by atoms with Crippen molar-refractivity contribution >= 4 is 51.0 Å². The van der Waals surface area contributed by atoms with Gasteiger partial charge < -0.3 is 9.47 Å². The van der Waals surface area contributed by atoms with Gasteiger partial charge in [0.25, 0.3) is 11.8 Å². The van der Waals surface area contributed by atoms with Gasteiger partial charge >= 0.3 is 5.97 Å². The molecule has 2 rings (SSSR count). The predicted molar refractivity (Wildman–Crippen MR) is 109 cm³/mol. The molecule has 0 radical (unpaired) electrons. The maximum absolute atomic E-state index is 12.2. The zero-order chi connectivity index (χ0) is 20.5. The molecule has 0 aromatic heterocycles. The number of hydrazine groups is 1. The fourth-order valence-electron chi connectivity index (χ4n) is 1.95.